The molecule has 1 rings (SSSR count). The van der Waals surface area contributed by atoms with Gasteiger partial charge in [-0.15, -0.1) is 23.7 Å². The monoisotopic (exact) mass is 248 g/mol. The summed E-state index contributed by atoms with van der Waals surface area (Å²) in [5.74, 6) is -0.110. The maximum absolute atomic E-state index is 11.1. The Labute approximate surface area is 100 Å². The summed E-state index contributed by atoms with van der Waals surface area (Å²) in [5, 5.41) is 2.84. The van der Waals surface area contributed by atoms with E-state index in [1.165, 1.54) is 15.3 Å². The number of carbonyl (C=O) groups is 1. The van der Waals surface area contributed by atoms with E-state index in [1.807, 2.05) is 6.92 Å². The van der Waals surface area contributed by atoms with Crippen LogP contribution < -0.4 is 11.1 Å². The number of aryl methyl sites for hydroxylation is 2. The molecule has 0 aromatic carbocycles. The molecule has 0 spiro atoms. The lowest BCUT2D eigenvalue weighted by molar-refractivity contribution is -0.120. The fourth-order valence-electron chi connectivity index (χ4n) is 1.46. The predicted molar refractivity (Wildman–Crippen MR) is 66.7 cm³/mol. The van der Waals surface area contributed by atoms with E-state index in [0.29, 0.717) is 0 Å². The number of rotatable bonds is 3. The van der Waals surface area contributed by atoms with E-state index >= 15 is 0 Å². The molecule has 1 unspecified atom stereocenters. The van der Waals surface area contributed by atoms with E-state index in [-0.39, 0.29) is 30.9 Å². The molecule has 0 aliphatic carbocycles. The zero-order valence-electron chi connectivity index (χ0n) is 9.16. The van der Waals surface area contributed by atoms with E-state index < -0.39 is 0 Å². The predicted octanol–water partition coefficient (Wildman–Crippen LogP) is 1.92. The van der Waals surface area contributed by atoms with Crippen LogP contribution in [-0.4, -0.2) is 12.5 Å². The molecule has 1 atom stereocenters. The summed E-state index contributed by atoms with van der Waals surface area (Å²) in [5.41, 5.74) is 6.42. The summed E-state index contributed by atoms with van der Waals surface area (Å²) >= 11 is 1.75. The Hall–Kier alpha value is -0.580. The van der Waals surface area contributed by atoms with Gasteiger partial charge in [-0.05, 0) is 32.4 Å². The number of halogens is 1. The van der Waals surface area contributed by atoms with Crippen molar-refractivity contribution >= 4 is 29.7 Å². The number of thiophene rings is 1. The number of nitrogens with two attached hydrogens (primary N) is 1. The second-order valence-corrected chi connectivity index (χ2v) is 4.82. The van der Waals surface area contributed by atoms with Crippen LogP contribution >= 0.6 is 23.7 Å². The summed E-state index contributed by atoms with van der Waals surface area (Å²) in [6, 6.07) is 2.16. The Morgan fingerprint density at radius 3 is 2.60 bits per heavy atom. The molecule has 5 heteroatoms. The smallest absolute Gasteiger partial charge is 0.234 e. The molecule has 0 radical (unpaired) electrons. The summed E-state index contributed by atoms with van der Waals surface area (Å²) in [7, 11) is 0. The van der Waals surface area contributed by atoms with Gasteiger partial charge in [0, 0.05) is 9.75 Å². The molecule has 15 heavy (non-hydrogen) atoms. The number of carbonyl (C=O) groups excluding carboxylic acids is 1. The Balaban J connectivity index is 0.00000196. The first-order valence-corrected chi connectivity index (χ1v) is 5.42. The normalized spacial score (nSPS) is 11.7. The lowest BCUT2D eigenvalue weighted by Crippen LogP contribution is -2.32. The minimum absolute atomic E-state index is 0. The van der Waals surface area contributed by atoms with E-state index in [2.05, 4.69) is 25.2 Å². The van der Waals surface area contributed by atoms with Gasteiger partial charge >= 0.3 is 0 Å². The zero-order valence-corrected chi connectivity index (χ0v) is 10.8. The van der Waals surface area contributed by atoms with Crippen LogP contribution in [-0.2, 0) is 4.79 Å². The average molecular weight is 249 g/mol. The largest absolute Gasteiger partial charge is 0.348 e. The molecule has 0 aliphatic rings. The molecule has 1 aromatic heterocycles. The van der Waals surface area contributed by atoms with Crippen molar-refractivity contribution in [2.24, 2.45) is 5.73 Å². The van der Waals surface area contributed by atoms with Crippen molar-refractivity contribution in [3.63, 3.8) is 0 Å². The van der Waals surface area contributed by atoms with Gasteiger partial charge in [0.1, 0.15) is 0 Å². The first kappa shape index (κ1) is 14.4. The molecule has 3 N–H and O–H groups in total. The minimum Gasteiger partial charge on any atom is -0.348 e. The fraction of sp³-hybridized carbons (Fsp3) is 0.500. The highest BCUT2D eigenvalue weighted by Crippen LogP contribution is 2.25. The molecule has 0 bridgehead atoms. The van der Waals surface area contributed by atoms with Crippen molar-refractivity contribution in [2.45, 2.75) is 26.8 Å². The standard InChI is InChI=1S/C10H16N2OS.ClH/c1-6-4-9(8(3)14-6)7(2)12-10(13)5-11;/h4,7H,5,11H2,1-3H3,(H,12,13);1H. The van der Waals surface area contributed by atoms with Crippen LogP contribution in [0, 0.1) is 13.8 Å². The topological polar surface area (TPSA) is 55.1 Å². The molecule has 1 heterocycles. The minimum atomic E-state index is -0.110. The van der Waals surface area contributed by atoms with Gasteiger partial charge in [0.05, 0.1) is 12.6 Å². The SMILES string of the molecule is Cc1cc(C(C)NC(=O)CN)c(C)s1.Cl. The van der Waals surface area contributed by atoms with Crippen molar-refractivity contribution in [1.82, 2.24) is 5.32 Å². The van der Waals surface area contributed by atoms with Gasteiger partial charge in [-0.3, -0.25) is 4.79 Å². The lowest BCUT2D eigenvalue weighted by Gasteiger charge is -2.12. The van der Waals surface area contributed by atoms with E-state index in [1.54, 1.807) is 11.3 Å². The van der Waals surface area contributed by atoms with Crippen LogP contribution in [0.25, 0.3) is 0 Å². The highest BCUT2D eigenvalue weighted by atomic mass is 35.5. The lowest BCUT2D eigenvalue weighted by atomic mass is 10.1. The molecule has 1 aromatic rings. The third-order valence-corrected chi connectivity index (χ3v) is 3.09. The highest BCUT2D eigenvalue weighted by molar-refractivity contribution is 7.12. The second kappa shape index (κ2) is 6.10. The van der Waals surface area contributed by atoms with Gasteiger partial charge in [0.25, 0.3) is 0 Å². The third-order valence-electron chi connectivity index (χ3n) is 2.11. The Morgan fingerprint density at radius 2 is 2.20 bits per heavy atom. The van der Waals surface area contributed by atoms with Gasteiger partial charge in [0.2, 0.25) is 5.91 Å². The average Bonchev–Trinajstić information content (AvgIpc) is 2.45. The number of amides is 1. The maximum atomic E-state index is 11.1. The Bertz CT molecular complexity index is 338. The quantitative estimate of drug-likeness (QED) is 0.859. The van der Waals surface area contributed by atoms with E-state index in [4.69, 9.17) is 5.73 Å². The van der Waals surface area contributed by atoms with Crippen LogP contribution in [0.15, 0.2) is 6.07 Å². The number of nitrogens with one attached hydrogen (secondary N) is 1. The van der Waals surface area contributed by atoms with Gasteiger partial charge in [-0.2, -0.15) is 0 Å². The fourth-order valence-corrected chi connectivity index (χ4v) is 2.48. The van der Waals surface area contributed by atoms with Gasteiger partial charge in [-0.1, -0.05) is 0 Å². The molecule has 1 amide bonds. The number of hydrogen-bond acceptors (Lipinski definition) is 3. The highest BCUT2D eigenvalue weighted by Gasteiger charge is 2.12. The molecule has 0 aliphatic heterocycles. The molecule has 3 nitrogen and oxygen atoms in total. The first-order valence-electron chi connectivity index (χ1n) is 4.61. The summed E-state index contributed by atoms with van der Waals surface area (Å²) < 4.78 is 0. The second-order valence-electron chi connectivity index (χ2n) is 3.36. The Kier molecular flexibility index (Phi) is 5.87. The van der Waals surface area contributed by atoms with Crippen LogP contribution in [0.5, 0.6) is 0 Å². The maximum Gasteiger partial charge on any atom is 0.234 e. The Morgan fingerprint density at radius 1 is 1.60 bits per heavy atom. The first-order chi connectivity index (χ1) is 6.54. The molecule has 86 valence electrons. The molecule has 0 fully saturated rings. The van der Waals surface area contributed by atoms with E-state index in [9.17, 15) is 4.79 Å². The van der Waals surface area contributed by atoms with Crippen LogP contribution in [0.3, 0.4) is 0 Å². The van der Waals surface area contributed by atoms with Gasteiger partial charge in [-0.25, -0.2) is 0 Å². The van der Waals surface area contributed by atoms with Crippen LogP contribution in [0.4, 0.5) is 0 Å². The van der Waals surface area contributed by atoms with E-state index in [0.717, 1.165) is 0 Å². The van der Waals surface area contributed by atoms with Gasteiger partial charge in [0.15, 0.2) is 0 Å². The summed E-state index contributed by atoms with van der Waals surface area (Å²) in [4.78, 5) is 13.6. The third kappa shape index (κ3) is 3.81. The summed E-state index contributed by atoms with van der Waals surface area (Å²) in [6.07, 6.45) is 0. The molecule has 0 saturated carbocycles. The van der Waals surface area contributed by atoms with Crippen molar-refractivity contribution in [1.29, 1.82) is 0 Å². The van der Waals surface area contributed by atoms with Crippen LogP contribution in [0.2, 0.25) is 0 Å². The zero-order chi connectivity index (χ0) is 10.7. The molecular formula is C10H17ClN2OS. The van der Waals surface area contributed by atoms with Crippen molar-refractivity contribution < 1.29 is 4.79 Å². The van der Waals surface area contributed by atoms with Gasteiger partial charge < -0.3 is 11.1 Å². The van der Waals surface area contributed by atoms with Crippen molar-refractivity contribution in [3.05, 3.63) is 21.4 Å². The summed E-state index contributed by atoms with van der Waals surface area (Å²) in [6.45, 7) is 6.16. The van der Waals surface area contributed by atoms with Crippen molar-refractivity contribution in [2.75, 3.05) is 6.54 Å². The van der Waals surface area contributed by atoms with Crippen LogP contribution in [0.1, 0.15) is 28.3 Å². The number of hydrogen-bond donors (Lipinski definition) is 2. The molecular weight excluding hydrogens is 232 g/mol. The van der Waals surface area contributed by atoms with Crippen molar-refractivity contribution in [3.8, 4) is 0 Å². The molecule has 0 saturated heterocycles.